The van der Waals surface area contributed by atoms with Gasteiger partial charge in [-0.25, -0.2) is 0 Å². The van der Waals surface area contributed by atoms with Crippen LogP contribution in [0.25, 0.3) is 0 Å². The highest BCUT2D eigenvalue weighted by Gasteiger charge is 2.34. The Bertz CT molecular complexity index is 886. The van der Waals surface area contributed by atoms with E-state index in [1.54, 1.807) is 18.2 Å². The third-order valence-electron chi connectivity index (χ3n) is 5.42. The molecule has 2 heterocycles. The first-order valence-corrected chi connectivity index (χ1v) is 10.2. The van der Waals surface area contributed by atoms with Gasteiger partial charge in [-0.15, -0.1) is 0 Å². The van der Waals surface area contributed by atoms with Crippen molar-refractivity contribution in [3.05, 3.63) is 46.2 Å². The van der Waals surface area contributed by atoms with E-state index in [1.165, 1.54) is 11.3 Å². The van der Waals surface area contributed by atoms with E-state index in [-0.39, 0.29) is 12.2 Å². The molecule has 1 amide bonds. The summed E-state index contributed by atoms with van der Waals surface area (Å²) in [6.45, 7) is 4.15. The Morgan fingerprint density at radius 3 is 2.80 bits per heavy atom. The zero-order valence-corrected chi connectivity index (χ0v) is 17.4. The zero-order chi connectivity index (χ0) is 21.9. The van der Waals surface area contributed by atoms with Gasteiger partial charge in [0.25, 0.3) is 5.91 Å². The minimum Gasteiger partial charge on any atom is -0.399 e. The van der Waals surface area contributed by atoms with Crippen LogP contribution in [0.4, 0.5) is 18.9 Å². The highest BCUT2D eigenvalue weighted by molar-refractivity contribution is 6.31. The summed E-state index contributed by atoms with van der Waals surface area (Å²) in [6, 6.07) is 6.08. The Kier molecular flexibility index (Phi) is 6.92. The van der Waals surface area contributed by atoms with Crippen molar-refractivity contribution in [3.8, 4) is 0 Å². The molecule has 164 valence electrons. The summed E-state index contributed by atoms with van der Waals surface area (Å²) in [5.74, 6) is -0.593. The molecular weight excluding hydrogens is 419 g/mol. The van der Waals surface area contributed by atoms with Crippen LogP contribution in [0.1, 0.15) is 47.9 Å². The molecule has 1 aromatic heterocycles. The summed E-state index contributed by atoms with van der Waals surface area (Å²) < 4.78 is 38.7. The SMILES string of the molecule is CC1CCCCN1CCN(Cc1cc(N)ccc1Cl)C(=O)c1cc(C(F)(F)F)[nH]n1. The van der Waals surface area contributed by atoms with E-state index < -0.39 is 17.8 Å². The van der Waals surface area contributed by atoms with Gasteiger partial charge in [-0.3, -0.25) is 14.8 Å². The molecule has 0 spiro atoms. The van der Waals surface area contributed by atoms with Crippen molar-refractivity contribution in [1.82, 2.24) is 20.0 Å². The number of benzene rings is 1. The third-order valence-corrected chi connectivity index (χ3v) is 5.79. The number of nitrogens with two attached hydrogens (primary N) is 1. The summed E-state index contributed by atoms with van der Waals surface area (Å²) in [7, 11) is 0. The molecule has 0 bridgehead atoms. The number of anilines is 1. The van der Waals surface area contributed by atoms with Crippen LogP contribution in [0.2, 0.25) is 5.02 Å². The molecule has 2 aromatic rings. The average molecular weight is 444 g/mol. The number of halogens is 4. The number of rotatable bonds is 6. The summed E-state index contributed by atoms with van der Waals surface area (Å²) >= 11 is 6.25. The van der Waals surface area contributed by atoms with Gasteiger partial charge in [0.1, 0.15) is 5.69 Å². The monoisotopic (exact) mass is 443 g/mol. The van der Waals surface area contributed by atoms with E-state index in [4.69, 9.17) is 17.3 Å². The van der Waals surface area contributed by atoms with E-state index in [9.17, 15) is 18.0 Å². The maximum atomic E-state index is 13.0. The Morgan fingerprint density at radius 2 is 2.13 bits per heavy atom. The third kappa shape index (κ3) is 5.46. The van der Waals surface area contributed by atoms with E-state index >= 15 is 0 Å². The average Bonchev–Trinajstić information content (AvgIpc) is 3.19. The topological polar surface area (TPSA) is 78.2 Å². The Hall–Kier alpha value is -2.26. The summed E-state index contributed by atoms with van der Waals surface area (Å²) in [6.07, 6.45) is -1.25. The zero-order valence-electron chi connectivity index (χ0n) is 16.7. The van der Waals surface area contributed by atoms with Gasteiger partial charge in [0.15, 0.2) is 5.69 Å². The van der Waals surface area contributed by atoms with Crippen molar-refractivity contribution < 1.29 is 18.0 Å². The molecule has 0 aliphatic carbocycles. The standard InChI is InChI=1S/C20H25ClF3N5O/c1-13-4-2-3-7-28(13)8-9-29(12-14-10-15(25)5-6-16(14)21)19(30)17-11-18(27-26-17)20(22,23)24/h5-6,10-11,13H,2-4,7-9,12,25H2,1H3,(H,26,27). The number of hydrogen-bond donors (Lipinski definition) is 2. The van der Waals surface area contributed by atoms with Crippen LogP contribution in [0, 0.1) is 0 Å². The largest absolute Gasteiger partial charge is 0.432 e. The number of nitrogens with one attached hydrogen (secondary N) is 1. The van der Waals surface area contributed by atoms with Crippen LogP contribution >= 0.6 is 11.6 Å². The molecule has 1 atom stereocenters. The number of amides is 1. The van der Waals surface area contributed by atoms with Crippen molar-refractivity contribution >= 4 is 23.2 Å². The maximum Gasteiger partial charge on any atom is 0.432 e. The van der Waals surface area contributed by atoms with Crippen LogP contribution < -0.4 is 5.73 Å². The lowest BCUT2D eigenvalue weighted by molar-refractivity contribution is -0.141. The lowest BCUT2D eigenvalue weighted by Crippen LogP contribution is -2.44. The smallest absolute Gasteiger partial charge is 0.399 e. The summed E-state index contributed by atoms with van der Waals surface area (Å²) in [4.78, 5) is 16.8. The molecule has 1 aromatic carbocycles. The normalized spacial score (nSPS) is 17.8. The first kappa shape index (κ1) is 22.4. The second-order valence-corrected chi connectivity index (χ2v) is 8.03. The molecule has 1 unspecified atom stereocenters. The molecule has 6 nitrogen and oxygen atoms in total. The molecule has 3 rings (SSSR count). The van der Waals surface area contributed by atoms with Crippen molar-refractivity contribution in [1.29, 1.82) is 0 Å². The minimum absolute atomic E-state index is 0.124. The fraction of sp³-hybridized carbons (Fsp3) is 0.500. The van der Waals surface area contributed by atoms with Crippen LogP contribution in [0.3, 0.4) is 0 Å². The van der Waals surface area contributed by atoms with E-state index in [0.29, 0.717) is 35.4 Å². The number of aromatic nitrogens is 2. The number of aromatic amines is 1. The quantitative estimate of drug-likeness (QED) is 0.656. The van der Waals surface area contributed by atoms with E-state index in [1.807, 2.05) is 5.10 Å². The number of carbonyl (C=O) groups excluding carboxylic acids is 1. The predicted octanol–water partition coefficient (Wildman–Crippen LogP) is 4.18. The van der Waals surface area contributed by atoms with Gasteiger partial charge >= 0.3 is 6.18 Å². The molecular formula is C20H25ClF3N5O. The first-order chi connectivity index (χ1) is 14.1. The van der Waals surface area contributed by atoms with Crippen LogP contribution in [0.5, 0.6) is 0 Å². The minimum atomic E-state index is -4.60. The lowest BCUT2D eigenvalue weighted by atomic mass is 10.0. The second-order valence-electron chi connectivity index (χ2n) is 7.62. The van der Waals surface area contributed by atoms with E-state index in [0.717, 1.165) is 25.5 Å². The van der Waals surface area contributed by atoms with Gasteiger partial charge in [-0.05, 0) is 50.1 Å². The number of nitrogens with zero attached hydrogens (tertiary/aromatic N) is 3. The Morgan fingerprint density at radius 1 is 1.37 bits per heavy atom. The van der Waals surface area contributed by atoms with Crippen LogP contribution in [0.15, 0.2) is 24.3 Å². The van der Waals surface area contributed by atoms with Crippen molar-refractivity contribution in [2.45, 2.75) is 44.9 Å². The van der Waals surface area contributed by atoms with Crippen molar-refractivity contribution in [3.63, 3.8) is 0 Å². The van der Waals surface area contributed by atoms with Gasteiger partial charge in [0, 0.05) is 42.5 Å². The highest BCUT2D eigenvalue weighted by Crippen LogP contribution is 2.28. The summed E-state index contributed by atoms with van der Waals surface area (Å²) in [5, 5.41) is 5.92. The van der Waals surface area contributed by atoms with Crippen LogP contribution in [-0.2, 0) is 12.7 Å². The van der Waals surface area contributed by atoms with Gasteiger partial charge in [0.2, 0.25) is 0 Å². The highest BCUT2D eigenvalue weighted by atomic mass is 35.5. The molecule has 1 aliphatic heterocycles. The molecule has 1 fully saturated rings. The molecule has 3 N–H and O–H groups in total. The molecule has 1 aliphatic rings. The number of nitrogen functional groups attached to an aromatic ring is 1. The Balaban J connectivity index is 1.81. The molecule has 30 heavy (non-hydrogen) atoms. The number of carbonyl (C=O) groups is 1. The van der Waals surface area contributed by atoms with Gasteiger partial charge in [0.05, 0.1) is 0 Å². The predicted molar refractivity (Wildman–Crippen MR) is 109 cm³/mol. The molecule has 1 saturated heterocycles. The van der Waals surface area contributed by atoms with Crippen molar-refractivity contribution in [2.24, 2.45) is 0 Å². The number of hydrogen-bond acceptors (Lipinski definition) is 4. The molecule has 10 heteroatoms. The molecule has 0 saturated carbocycles. The number of alkyl halides is 3. The van der Waals surface area contributed by atoms with Gasteiger partial charge < -0.3 is 10.6 Å². The van der Waals surface area contributed by atoms with Crippen molar-refractivity contribution in [2.75, 3.05) is 25.4 Å². The fourth-order valence-electron chi connectivity index (χ4n) is 3.65. The lowest BCUT2D eigenvalue weighted by Gasteiger charge is -2.35. The second kappa shape index (κ2) is 9.26. The van der Waals surface area contributed by atoms with E-state index in [2.05, 4.69) is 16.9 Å². The van der Waals surface area contributed by atoms with Crippen LogP contribution in [-0.4, -0.2) is 51.6 Å². The number of piperidine rings is 1. The molecule has 0 radical (unpaired) electrons. The van der Waals surface area contributed by atoms with Gasteiger partial charge in [-0.1, -0.05) is 18.0 Å². The fourth-order valence-corrected chi connectivity index (χ4v) is 3.83. The van der Waals surface area contributed by atoms with Gasteiger partial charge in [-0.2, -0.15) is 18.3 Å². The maximum absolute atomic E-state index is 13.0. The summed E-state index contributed by atoms with van der Waals surface area (Å²) in [5.41, 5.74) is 5.62. The first-order valence-electron chi connectivity index (χ1n) is 9.85. The number of H-pyrrole nitrogens is 1. The Labute approximate surface area is 178 Å². The number of likely N-dealkylation sites (tertiary alicyclic amines) is 1.